The van der Waals surface area contributed by atoms with Gasteiger partial charge in [0.15, 0.2) is 0 Å². The van der Waals surface area contributed by atoms with Crippen molar-refractivity contribution in [3.8, 4) is 16.9 Å². The van der Waals surface area contributed by atoms with Crippen molar-refractivity contribution >= 4 is 5.97 Å². The van der Waals surface area contributed by atoms with Gasteiger partial charge in [-0.1, -0.05) is 60.7 Å². The van der Waals surface area contributed by atoms with Crippen LogP contribution in [0.2, 0.25) is 0 Å². The number of hydrogen-bond donors (Lipinski definition) is 1. The number of carbonyl (C=O) groups is 1. The molecule has 1 radical (unpaired) electrons. The van der Waals surface area contributed by atoms with Gasteiger partial charge in [-0.2, -0.15) is 0 Å². The molecule has 3 nitrogen and oxygen atoms in total. The zero-order chi connectivity index (χ0) is 16.1. The molecule has 0 unspecified atom stereocenters. The Bertz CT molecular complexity index is 796. The van der Waals surface area contributed by atoms with E-state index in [1.165, 1.54) is 6.07 Å². The van der Waals surface area contributed by atoms with Gasteiger partial charge < -0.3 is 9.84 Å². The predicted octanol–water partition coefficient (Wildman–Crippen LogP) is 4.22. The van der Waals surface area contributed by atoms with Crippen molar-refractivity contribution in [1.82, 2.24) is 0 Å². The highest BCUT2D eigenvalue weighted by Crippen LogP contribution is 2.32. The molecule has 0 aromatic heterocycles. The van der Waals surface area contributed by atoms with E-state index in [4.69, 9.17) is 4.74 Å². The standard InChI is InChI=1S/C20H15O3/c21-19-17(16-10-5-2-6-11-16)12-7-13-18(19)20(22)23-14-15-8-3-1-4-9-15/h1-6,8-13,21H,14H2. The molecule has 0 spiro atoms. The second kappa shape index (κ2) is 6.79. The first-order chi connectivity index (χ1) is 11.3. The van der Waals surface area contributed by atoms with Gasteiger partial charge in [-0.05, 0) is 29.3 Å². The van der Waals surface area contributed by atoms with Crippen molar-refractivity contribution in [1.29, 1.82) is 0 Å². The normalized spacial score (nSPS) is 10.3. The van der Waals surface area contributed by atoms with Crippen molar-refractivity contribution in [2.45, 2.75) is 6.61 Å². The summed E-state index contributed by atoms with van der Waals surface area (Å²) in [4.78, 5) is 12.2. The highest BCUT2D eigenvalue weighted by atomic mass is 16.5. The lowest BCUT2D eigenvalue weighted by molar-refractivity contribution is 0.0469. The van der Waals surface area contributed by atoms with Crippen molar-refractivity contribution in [3.05, 3.63) is 90.0 Å². The predicted molar refractivity (Wildman–Crippen MR) is 87.9 cm³/mol. The average molecular weight is 303 g/mol. The molecule has 0 bridgehead atoms. The highest BCUT2D eigenvalue weighted by Gasteiger charge is 2.16. The van der Waals surface area contributed by atoms with Crippen LogP contribution in [0.3, 0.4) is 0 Å². The molecule has 113 valence electrons. The topological polar surface area (TPSA) is 46.5 Å². The zero-order valence-electron chi connectivity index (χ0n) is 12.4. The number of phenols is 1. The average Bonchev–Trinajstić information content (AvgIpc) is 2.61. The van der Waals surface area contributed by atoms with Crippen LogP contribution in [0.15, 0.2) is 72.8 Å². The lowest BCUT2D eigenvalue weighted by atomic mass is 10.0. The van der Waals surface area contributed by atoms with Crippen molar-refractivity contribution in [2.24, 2.45) is 0 Å². The maximum atomic E-state index is 12.2. The molecule has 0 saturated carbocycles. The minimum atomic E-state index is -0.569. The summed E-state index contributed by atoms with van der Waals surface area (Å²) >= 11 is 0. The van der Waals surface area contributed by atoms with E-state index >= 15 is 0 Å². The molecular formula is C20H15O3. The van der Waals surface area contributed by atoms with Crippen LogP contribution in [0, 0.1) is 6.07 Å². The maximum absolute atomic E-state index is 12.2. The fraction of sp³-hybridized carbons (Fsp3) is 0.0500. The molecule has 0 saturated heterocycles. The lowest BCUT2D eigenvalue weighted by Gasteiger charge is -2.10. The van der Waals surface area contributed by atoms with Crippen LogP contribution >= 0.6 is 0 Å². The lowest BCUT2D eigenvalue weighted by Crippen LogP contribution is -2.06. The second-order valence-corrected chi connectivity index (χ2v) is 5.06. The van der Waals surface area contributed by atoms with Crippen LogP contribution in [-0.2, 0) is 11.3 Å². The molecule has 1 N–H and O–H groups in total. The largest absolute Gasteiger partial charge is 0.506 e. The summed E-state index contributed by atoms with van der Waals surface area (Å²) in [6, 6.07) is 24.7. The number of aromatic hydroxyl groups is 1. The van der Waals surface area contributed by atoms with Crippen LogP contribution in [0.25, 0.3) is 11.1 Å². The number of hydrogen-bond acceptors (Lipinski definition) is 3. The first-order valence-electron chi connectivity index (χ1n) is 7.25. The molecule has 0 atom stereocenters. The van der Waals surface area contributed by atoms with Gasteiger partial charge in [-0.25, -0.2) is 4.79 Å². The summed E-state index contributed by atoms with van der Waals surface area (Å²) in [5.74, 6) is -0.659. The Morgan fingerprint density at radius 2 is 1.61 bits per heavy atom. The summed E-state index contributed by atoms with van der Waals surface area (Å²) in [5, 5.41) is 10.4. The molecule has 0 heterocycles. The first kappa shape index (κ1) is 14.9. The maximum Gasteiger partial charge on any atom is 0.342 e. The summed E-state index contributed by atoms with van der Waals surface area (Å²) in [6.07, 6.45) is 0. The Balaban J connectivity index is 1.81. The monoisotopic (exact) mass is 303 g/mol. The van der Waals surface area contributed by atoms with Gasteiger partial charge in [0.1, 0.15) is 17.9 Å². The molecular weight excluding hydrogens is 288 g/mol. The fourth-order valence-electron chi connectivity index (χ4n) is 2.28. The SMILES string of the molecule is O=C(OCc1ccccc1)c1c[c]cc(-c2ccccc2)c1O. The molecule has 3 heteroatoms. The third kappa shape index (κ3) is 3.40. The zero-order valence-corrected chi connectivity index (χ0v) is 12.4. The quantitative estimate of drug-likeness (QED) is 0.734. The van der Waals surface area contributed by atoms with Crippen LogP contribution in [0.1, 0.15) is 15.9 Å². The Morgan fingerprint density at radius 3 is 2.30 bits per heavy atom. The summed E-state index contributed by atoms with van der Waals surface area (Å²) in [5.41, 5.74) is 2.38. The molecule has 3 rings (SSSR count). The summed E-state index contributed by atoms with van der Waals surface area (Å²) in [7, 11) is 0. The van der Waals surface area contributed by atoms with Gasteiger partial charge in [0.2, 0.25) is 0 Å². The van der Waals surface area contributed by atoms with Gasteiger partial charge >= 0.3 is 5.97 Å². The Hall–Kier alpha value is -3.07. The molecule has 0 aliphatic carbocycles. The first-order valence-corrected chi connectivity index (χ1v) is 7.25. The molecule has 3 aromatic carbocycles. The van der Waals surface area contributed by atoms with E-state index in [9.17, 15) is 9.90 Å². The Morgan fingerprint density at radius 1 is 0.957 bits per heavy atom. The number of ether oxygens (including phenoxy) is 1. The van der Waals surface area contributed by atoms with E-state index in [1.54, 1.807) is 6.07 Å². The van der Waals surface area contributed by atoms with Gasteiger partial charge in [0.05, 0.1) is 0 Å². The van der Waals surface area contributed by atoms with Crippen molar-refractivity contribution in [2.75, 3.05) is 0 Å². The van der Waals surface area contributed by atoms with Crippen LogP contribution in [0.5, 0.6) is 5.75 Å². The van der Waals surface area contributed by atoms with Crippen LogP contribution < -0.4 is 0 Å². The molecule has 0 aliphatic heterocycles. The van der Waals surface area contributed by atoms with E-state index < -0.39 is 5.97 Å². The summed E-state index contributed by atoms with van der Waals surface area (Å²) in [6.45, 7) is 0.161. The van der Waals surface area contributed by atoms with Gasteiger partial charge in [0.25, 0.3) is 0 Å². The van der Waals surface area contributed by atoms with Gasteiger partial charge in [0, 0.05) is 5.56 Å². The second-order valence-electron chi connectivity index (χ2n) is 5.06. The van der Waals surface area contributed by atoms with E-state index in [0.717, 1.165) is 11.1 Å². The van der Waals surface area contributed by atoms with Crippen molar-refractivity contribution < 1.29 is 14.6 Å². The molecule has 0 amide bonds. The third-order valence-corrected chi connectivity index (χ3v) is 3.48. The van der Waals surface area contributed by atoms with Gasteiger partial charge in [-0.15, -0.1) is 0 Å². The number of rotatable bonds is 4. The van der Waals surface area contributed by atoms with E-state index in [2.05, 4.69) is 6.07 Å². The molecule has 3 aromatic rings. The minimum absolute atomic E-state index is 0.0898. The number of carbonyl (C=O) groups excluding carboxylic acids is 1. The smallest absolute Gasteiger partial charge is 0.342 e. The summed E-state index contributed by atoms with van der Waals surface area (Å²) < 4.78 is 5.27. The minimum Gasteiger partial charge on any atom is -0.506 e. The van der Waals surface area contributed by atoms with Crippen LogP contribution in [0.4, 0.5) is 0 Å². The highest BCUT2D eigenvalue weighted by molar-refractivity contribution is 5.95. The Kier molecular flexibility index (Phi) is 4.39. The fourth-order valence-corrected chi connectivity index (χ4v) is 2.28. The molecule has 23 heavy (non-hydrogen) atoms. The Labute approximate surface area is 134 Å². The van der Waals surface area contributed by atoms with E-state index in [0.29, 0.717) is 5.56 Å². The van der Waals surface area contributed by atoms with E-state index in [-0.39, 0.29) is 17.9 Å². The van der Waals surface area contributed by atoms with Crippen LogP contribution in [-0.4, -0.2) is 11.1 Å². The number of esters is 1. The molecule has 0 fully saturated rings. The third-order valence-electron chi connectivity index (χ3n) is 3.48. The van der Waals surface area contributed by atoms with E-state index in [1.807, 2.05) is 60.7 Å². The molecule has 0 aliphatic rings. The van der Waals surface area contributed by atoms with Crippen molar-refractivity contribution in [3.63, 3.8) is 0 Å². The number of phenolic OH excluding ortho intramolecular Hbond substituents is 1. The van der Waals surface area contributed by atoms with Gasteiger partial charge in [-0.3, -0.25) is 0 Å². The number of benzene rings is 3.